The molecule has 0 unspecified atom stereocenters. The largest absolute Gasteiger partial charge is 0.484 e. The van der Waals surface area contributed by atoms with E-state index < -0.39 is 34.8 Å². The number of ether oxygens (including phenoxy) is 3. The zero-order valence-electron chi connectivity index (χ0n) is 19.7. The van der Waals surface area contributed by atoms with E-state index in [-0.39, 0.29) is 42.7 Å². The summed E-state index contributed by atoms with van der Waals surface area (Å²) in [4.78, 5) is 17.4. The first-order valence-electron chi connectivity index (χ1n) is 10.6. The van der Waals surface area contributed by atoms with Gasteiger partial charge < -0.3 is 19.1 Å². The molecule has 0 atom stereocenters. The quantitative estimate of drug-likeness (QED) is 0.676. The lowest BCUT2D eigenvalue weighted by molar-refractivity contribution is 0.0295. The number of pyridine rings is 1. The summed E-state index contributed by atoms with van der Waals surface area (Å²) in [6.07, 6.45) is 0.566. The molecule has 3 aliphatic rings. The highest BCUT2D eigenvalue weighted by Gasteiger charge is 2.39. The van der Waals surface area contributed by atoms with E-state index in [9.17, 15) is 13.2 Å². The summed E-state index contributed by atoms with van der Waals surface area (Å²) in [5.74, 6) is -0.638. The van der Waals surface area contributed by atoms with Crippen LogP contribution in [-0.4, -0.2) is 73.6 Å². The van der Waals surface area contributed by atoms with E-state index in [2.05, 4.69) is 4.98 Å². The minimum atomic E-state index is -4.00. The van der Waals surface area contributed by atoms with Crippen LogP contribution in [0.1, 0.15) is 26.3 Å². The number of hydrogen-bond acceptors (Lipinski definition) is 7. The maximum absolute atomic E-state index is 13.1. The Morgan fingerprint density at radius 3 is 2.46 bits per heavy atom. The fraction of sp³-hybridized carbons (Fsp3) is 0.556. The normalized spacial score (nSPS) is 25.5. The highest BCUT2D eigenvalue weighted by atomic mass is 32.2. The summed E-state index contributed by atoms with van der Waals surface area (Å²) in [7, 11) is -4.00. The van der Waals surface area contributed by atoms with Gasteiger partial charge in [-0.3, -0.25) is 0 Å². The van der Waals surface area contributed by atoms with Crippen molar-refractivity contribution in [1.82, 2.24) is 14.2 Å². The summed E-state index contributed by atoms with van der Waals surface area (Å²) in [5.41, 5.74) is 1.03. The van der Waals surface area contributed by atoms with Crippen molar-refractivity contribution >= 4 is 16.1 Å². The average Bonchev–Trinajstić information content (AvgIpc) is 3.19. The molecule has 3 aliphatic heterocycles. The molecule has 4 heterocycles. The maximum Gasteiger partial charge on any atom is 0.410 e. The van der Waals surface area contributed by atoms with Crippen LogP contribution in [0.2, 0.25) is 0 Å². The highest BCUT2D eigenvalue weighted by Crippen LogP contribution is 2.34. The van der Waals surface area contributed by atoms with Gasteiger partial charge in [0.25, 0.3) is 5.88 Å². The Morgan fingerprint density at radius 2 is 1.82 bits per heavy atom. The van der Waals surface area contributed by atoms with E-state index in [4.69, 9.17) is 19.7 Å². The van der Waals surface area contributed by atoms with Gasteiger partial charge >= 0.3 is 6.09 Å². The summed E-state index contributed by atoms with van der Waals surface area (Å²) in [6, 6.07) is 1.07. The first kappa shape index (κ1) is 14.6. The van der Waals surface area contributed by atoms with Crippen molar-refractivity contribution < 1.29 is 32.9 Å². The van der Waals surface area contributed by atoms with Gasteiger partial charge in [-0.2, -0.15) is 4.31 Å². The number of nitrogens with zero attached hydrogens (tertiary/aromatic N) is 3. The van der Waals surface area contributed by atoms with Crippen molar-refractivity contribution in [1.29, 1.82) is 0 Å². The SMILES string of the molecule is [2H]C1([2H])Oc2cc(S(=O)(=O)N3CC4=C(CN(C(=O)OC(C)(C)C)C4)C3)cnc2OC1([2H])[2H]. The van der Waals surface area contributed by atoms with E-state index in [1.165, 1.54) is 9.21 Å². The van der Waals surface area contributed by atoms with Crippen molar-refractivity contribution in [3.63, 3.8) is 0 Å². The second-order valence-electron chi connectivity index (χ2n) is 7.70. The van der Waals surface area contributed by atoms with Gasteiger partial charge in [0.05, 0.1) is 11.7 Å². The number of rotatable bonds is 2. The molecule has 0 radical (unpaired) electrons. The van der Waals surface area contributed by atoms with E-state index in [1.54, 1.807) is 20.8 Å². The summed E-state index contributed by atoms with van der Waals surface area (Å²) >= 11 is 0. The molecule has 4 rings (SSSR count). The minimum Gasteiger partial charge on any atom is -0.484 e. The molecule has 0 saturated carbocycles. The number of carbonyl (C=O) groups excluding carboxylic acids is 1. The van der Waals surface area contributed by atoms with Gasteiger partial charge in [-0.25, -0.2) is 18.2 Å². The molecule has 0 fully saturated rings. The zero-order valence-corrected chi connectivity index (χ0v) is 16.5. The molecule has 0 N–H and O–H groups in total. The second kappa shape index (κ2) is 6.63. The number of carbonyl (C=O) groups is 1. The van der Waals surface area contributed by atoms with Crippen molar-refractivity contribution in [2.75, 3.05) is 39.3 Å². The van der Waals surface area contributed by atoms with Crippen LogP contribution in [0.3, 0.4) is 0 Å². The van der Waals surface area contributed by atoms with Crippen LogP contribution in [0.25, 0.3) is 0 Å². The molecular formula is C18H23N3O6S. The number of fused-ring (bicyclic) bond motifs is 1. The maximum atomic E-state index is 13.1. The topological polar surface area (TPSA) is 98.3 Å². The Hall–Kier alpha value is -2.33. The van der Waals surface area contributed by atoms with Crippen molar-refractivity contribution in [3.05, 3.63) is 23.4 Å². The second-order valence-corrected chi connectivity index (χ2v) is 9.64. The molecule has 28 heavy (non-hydrogen) atoms. The van der Waals surface area contributed by atoms with Gasteiger partial charge in [-0.15, -0.1) is 0 Å². The lowest BCUT2D eigenvalue weighted by atomic mass is 10.2. The molecule has 0 saturated heterocycles. The Bertz CT molecular complexity index is 1100. The molecule has 152 valence electrons. The van der Waals surface area contributed by atoms with E-state index >= 15 is 0 Å². The van der Waals surface area contributed by atoms with Gasteiger partial charge in [0.1, 0.15) is 23.6 Å². The number of sulfonamides is 1. The predicted octanol–water partition coefficient (Wildman–Crippen LogP) is 1.40. The molecule has 0 spiro atoms. The fourth-order valence-electron chi connectivity index (χ4n) is 3.17. The van der Waals surface area contributed by atoms with E-state index in [1.807, 2.05) is 0 Å². The van der Waals surface area contributed by atoms with Crippen molar-refractivity contribution in [3.8, 4) is 11.6 Å². The van der Waals surface area contributed by atoms with Gasteiger partial charge in [-0.1, -0.05) is 0 Å². The molecular weight excluding hydrogens is 386 g/mol. The zero-order chi connectivity index (χ0) is 23.7. The first-order valence-corrected chi connectivity index (χ1v) is 10.1. The lowest BCUT2D eigenvalue weighted by Gasteiger charge is -2.26. The van der Waals surface area contributed by atoms with Crippen LogP contribution in [0.4, 0.5) is 4.79 Å². The van der Waals surface area contributed by atoms with Gasteiger partial charge in [-0.05, 0) is 31.9 Å². The van der Waals surface area contributed by atoms with Crippen LogP contribution in [0.5, 0.6) is 11.6 Å². The molecule has 0 bridgehead atoms. The van der Waals surface area contributed by atoms with E-state index in [0.717, 1.165) is 23.4 Å². The molecule has 9 nitrogen and oxygen atoms in total. The van der Waals surface area contributed by atoms with Crippen LogP contribution in [0.15, 0.2) is 28.3 Å². The van der Waals surface area contributed by atoms with Gasteiger partial charge in [0.2, 0.25) is 10.0 Å². The van der Waals surface area contributed by atoms with Crippen LogP contribution in [0, 0.1) is 0 Å². The Morgan fingerprint density at radius 1 is 1.18 bits per heavy atom. The Balaban J connectivity index is 1.48. The Labute approximate surface area is 169 Å². The van der Waals surface area contributed by atoms with Crippen LogP contribution < -0.4 is 9.47 Å². The summed E-state index contributed by atoms with van der Waals surface area (Å²) < 4.78 is 73.3. The lowest BCUT2D eigenvalue weighted by Crippen LogP contribution is -2.39. The minimum absolute atomic E-state index is 0.106. The molecule has 1 amide bonds. The monoisotopic (exact) mass is 413 g/mol. The van der Waals surface area contributed by atoms with Crippen molar-refractivity contribution in [2.45, 2.75) is 31.3 Å². The summed E-state index contributed by atoms with van der Waals surface area (Å²) in [5, 5.41) is 0. The van der Waals surface area contributed by atoms with Crippen molar-refractivity contribution in [2.24, 2.45) is 0 Å². The predicted molar refractivity (Wildman–Crippen MR) is 98.8 cm³/mol. The highest BCUT2D eigenvalue weighted by molar-refractivity contribution is 7.89. The fourth-order valence-corrected chi connectivity index (χ4v) is 4.56. The summed E-state index contributed by atoms with van der Waals surface area (Å²) in [6.45, 7) is 0.490. The van der Waals surface area contributed by atoms with Gasteiger partial charge in [0.15, 0.2) is 5.75 Å². The van der Waals surface area contributed by atoms with Crippen LogP contribution in [-0.2, 0) is 14.8 Å². The molecule has 1 aromatic rings. The number of aromatic nitrogens is 1. The molecule has 0 aliphatic carbocycles. The molecule has 0 aromatic carbocycles. The smallest absolute Gasteiger partial charge is 0.410 e. The Kier molecular flexibility index (Phi) is 3.46. The molecule has 1 aromatic heterocycles. The standard InChI is InChI=1S/C18H23N3O6S/c1-18(2,3)27-17(22)20-8-12-10-21(11-13(12)9-20)28(23,24)14-6-15-16(19-7-14)26-5-4-25-15/h6-7H,4-5,8-11H2,1-3H3/i4D2,5D2. The average molecular weight is 413 g/mol. The number of amides is 1. The third-order valence-corrected chi connectivity index (χ3v) is 6.19. The molecule has 10 heteroatoms. The van der Waals surface area contributed by atoms with Crippen LogP contribution >= 0.6 is 0 Å². The van der Waals surface area contributed by atoms with E-state index in [0.29, 0.717) is 0 Å². The third kappa shape index (κ3) is 3.53. The first-order chi connectivity index (χ1) is 14.6. The van der Waals surface area contributed by atoms with Gasteiger partial charge in [0, 0.05) is 32.2 Å². The number of hydrogen-bond donors (Lipinski definition) is 0. The third-order valence-electron chi connectivity index (χ3n) is 4.43.